The van der Waals surface area contributed by atoms with Crippen molar-refractivity contribution in [1.29, 1.82) is 0 Å². The number of aliphatic imine (C=N–C) groups is 1. The van der Waals surface area contributed by atoms with Gasteiger partial charge >= 0.3 is 6.18 Å². The third-order valence-corrected chi connectivity index (χ3v) is 3.66. The normalized spacial score (nSPS) is 15.5. The number of alkyl halides is 3. The van der Waals surface area contributed by atoms with Gasteiger partial charge < -0.3 is 5.32 Å². The summed E-state index contributed by atoms with van der Waals surface area (Å²) in [5.41, 5.74) is -0.720. The third-order valence-electron chi connectivity index (χ3n) is 3.66. The molecular formula is C16H23F3N2. The number of nitrogens with one attached hydrogen (secondary N) is 1. The van der Waals surface area contributed by atoms with Crippen LogP contribution < -0.4 is 5.32 Å². The molecule has 0 radical (unpaired) electrons. The Bertz CT molecular complexity index is 441. The molecule has 0 saturated heterocycles. The van der Waals surface area contributed by atoms with Crippen molar-refractivity contribution in [2.24, 2.45) is 10.4 Å². The smallest absolute Gasteiger partial charge is 0.306 e. The van der Waals surface area contributed by atoms with Gasteiger partial charge in [-0.1, -0.05) is 44.2 Å². The van der Waals surface area contributed by atoms with Crippen LogP contribution in [0.3, 0.4) is 0 Å². The summed E-state index contributed by atoms with van der Waals surface area (Å²) in [6, 6.07) is 9.22. The van der Waals surface area contributed by atoms with Gasteiger partial charge in [0.15, 0.2) is 0 Å². The van der Waals surface area contributed by atoms with Gasteiger partial charge in [0, 0.05) is 12.1 Å². The van der Waals surface area contributed by atoms with Gasteiger partial charge in [-0.2, -0.15) is 13.2 Å². The number of hydrogen-bond acceptors (Lipinski definition) is 2. The monoisotopic (exact) mass is 300 g/mol. The van der Waals surface area contributed by atoms with E-state index in [-0.39, 0.29) is 25.0 Å². The van der Waals surface area contributed by atoms with Gasteiger partial charge in [0.2, 0.25) is 0 Å². The van der Waals surface area contributed by atoms with Crippen molar-refractivity contribution in [2.45, 2.75) is 45.5 Å². The molecule has 118 valence electrons. The lowest BCUT2D eigenvalue weighted by molar-refractivity contribution is -0.215. The summed E-state index contributed by atoms with van der Waals surface area (Å²) in [4.78, 5) is 3.77. The van der Waals surface area contributed by atoms with Crippen LogP contribution in [0.1, 0.15) is 38.8 Å². The molecule has 0 aliphatic carbocycles. The maximum absolute atomic E-state index is 13.0. The maximum Gasteiger partial charge on any atom is 0.394 e. The molecule has 1 N–H and O–H groups in total. The van der Waals surface area contributed by atoms with Crippen LogP contribution in [-0.2, 0) is 0 Å². The maximum atomic E-state index is 13.0. The highest BCUT2D eigenvalue weighted by atomic mass is 19.4. The van der Waals surface area contributed by atoms with Crippen molar-refractivity contribution in [3.05, 3.63) is 35.9 Å². The van der Waals surface area contributed by atoms with Crippen LogP contribution >= 0.6 is 0 Å². The molecule has 1 aromatic carbocycles. The molecule has 1 rings (SSSR count). The van der Waals surface area contributed by atoms with E-state index >= 15 is 0 Å². The van der Waals surface area contributed by atoms with E-state index in [4.69, 9.17) is 0 Å². The fraction of sp³-hybridized carbons (Fsp3) is 0.562. The fourth-order valence-electron chi connectivity index (χ4n) is 2.26. The van der Waals surface area contributed by atoms with Gasteiger partial charge in [-0.15, -0.1) is 0 Å². The number of benzene rings is 1. The van der Waals surface area contributed by atoms with E-state index in [0.29, 0.717) is 0 Å². The van der Waals surface area contributed by atoms with Crippen LogP contribution in [0.5, 0.6) is 0 Å². The Morgan fingerprint density at radius 2 is 1.76 bits per heavy atom. The lowest BCUT2D eigenvalue weighted by Gasteiger charge is -2.33. The van der Waals surface area contributed by atoms with Crippen molar-refractivity contribution >= 4 is 6.72 Å². The topological polar surface area (TPSA) is 24.4 Å². The van der Waals surface area contributed by atoms with Crippen LogP contribution in [0, 0.1) is 5.41 Å². The van der Waals surface area contributed by atoms with E-state index in [1.54, 1.807) is 0 Å². The Kier molecular flexibility index (Phi) is 5.96. The minimum absolute atomic E-state index is 0.0350. The van der Waals surface area contributed by atoms with Crippen molar-refractivity contribution in [3.8, 4) is 0 Å². The molecule has 5 heteroatoms. The quantitative estimate of drug-likeness (QED) is 0.742. The zero-order valence-corrected chi connectivity index (χ0v) is 12.7. The average molecular weight is 300 g/mol. The third kappa shape index (κ3) is 5.16. The molecule has 0 heterocycles. The van der Waals surface area contributed by atoms with Crippen molar-refractivity contribution in [3.63, 3.8) is 0 Å². The molecule has 2 nitrogen and oxygen atoms in total. The van der Waals surface area contributed by atoms with Crippen molar-refractivity contribution < 1.29 is 13.2 Å². The molecule has 0 saturated carbocycles. The molecule has 0 amide bonds. The van der Waals surface area contributed by atoms with Crippen LogP contribution in [0.4, 0.5) is 13.2 Å². The molecule has 2 atom stereocenters. The Labute approximate surface area is 124 Å². The Morgan fingerprint density at radius 1 is 1.19 bits per heavy atom. The number of hydrogen-bond donors (Lipinski definition) is 1. The lowest BCUT2D eigenvalue weighted by Crippen LogP contribution is -2.42. The molecule has 0 aliphatic rings. The highest BCUT2D eigenvalue weighted by Crippen LogP contribution is 2.41. The van der Waals surface area contributed by atoms with E-state index in [1.807, 2.05) is 37.3 Å². The first-order valence-corrected chi connectivity index (χ1v) is 6.97. The van der Waals surface area contributed by atoms with E-state index < -0.39 is 11.6 Å². The van der Waals surface area contributed by atoms with E-state index in [2.05, 4.69) is 17.0 Å². The molecule has 0 unspecified atom stereocenters. The SMILES string of the molecule is C=NC[C@@H](CC(C)(C)C(F)(F)F)N[C@H](C)c1ccccc1. The predicted molar refractivity (Wildman–Crippen MR) is 80.6 cm³/mol. The summed E-state index contributed by atoms with van der Waals surface area (Å²) >= 11 is 0. The Morgan fingerprint density at radius 3 is 2.24 bits per heavy atom. The molecule has 0 bridgehead atoms. The first-order valence-electron chi connectivity index (χ1n) is 6.97. The van der Waals surface area contributed by atoms with Gasteiger partial charge in [0.05, 0.1) is 12.0 Å². The standard InChI is InChI=1S/C16H23F3N2/c1-12(13-8-6-5-7-9-13)21-14(11-20-4)10-15(2,3)16(17,18)19/h5-9,12,14,21H,4,10-11H2,1-3H3/t12-,14-/m1/s1. The van der Waals surface area contributed by atoms with E-state index in [0.717, 1.165) is 5.56 Å². The minimum Gasteiger partial charge on any atom is -0.306 e. The second kappa shape index (κ2) is 7.07. The van der Waals surface area contributed by atoms with Crippen LogP contribution in [-0.4, -0.2) is 25.5 Å². The lowest BCUT2D eigenvalue weighted by atomic mass is 9.84. The van der Waals surface area contributed by atoms with Gasteiger partial charge in [0.1, 0.15) is 0 Å². The molecule has 0 spiro atoms. The average Bonchev–Trinajstić information content (AvgIpc) is 2.38. The highest BCUT2D eigenvalue weighted by molar-refractivity contribution is 5.23. The summed E-state index contributed by atoms with van der Waals surface area (Å²) in [7, 11) is 0. The summed E-state index contributed by atoms with van der Waals surface area (Å²) < 4.78 is 39.1. The second-order valence-corrected chi connectivity index (χ2v) is 5.99. The molecule has 1 aromatic rings. The van der Waals surface area contributed by atoms with Crippen LogP contribution in [0.25, 0.3) is 0 Å². The number of halogens is 3. The molecular weight excluding hydrogens is 277 g/mol. The Hall–Kier alpha value is -1.36. The Balaban J connectivity index is 2.76. The zero-order chi connectivity index (χ0) is 16.1. The van der Waals surface area contributed by atoms with Gasteiger partial charge in [-0.3, -0.25) is 4.99 Å². The zero-order valence-electron chi connectivity index (χ0n) is 12.7. The van der Waals surface area contributed by atoms with Crippen LogP contribution in [0.15, 0.2) is 35.3 Å². The minimum atomic E-state index is -4.23. The summed E-state index contributed by atoms with van der Waals surface area (Å²) in [6.07, 6.45) is -4.27. The highest BCUT2D eigenvalue weighted by Gasteiger charge is 2.48. The number of rotatable bonds is 7. The fourth-order valence-corrected chi connectivity index (χ4v) is 2.26. The van der Waals surface area contributed by atoms with Crippen LogP contribution in [0.2, 0.25) is 0 Å². The van der Waals surface area contributed by atoms with E-state index in [9.17, 15) is 13.2 Å². The predicted octanol–water partition coefficient (Wildman–Crippen LogP) is 4.39. The largest absolute Gasteiger partial charge is 0.394 e. The molecule has 0 fully saturated rings. The van der Waals surface area contributed by atoms with Gasteiger partial charge in [-0.25, -0.2) is 0 Å². The van der Waals surface area contributed by atoms with Crippen molar-refractivity contribution in [2.75, 3.05) is 6.54 Å². The van der Waals surface area contributed by atoms with Gasteiger partial charge in [0.25, 0.3) is 0 Å². The second-order valence-electron chi connectivity index (χ2n) is 5.99. The summed E-state index contributed by atoms with van der Waals surface area (Å²) in [5, 5.41) is 3.23. The molecule has 0 aliphatic heterocycles. The molecule has 0 aromatic heterocycles. The first-order chi connectivity index (χ1) is 9.67. The number of nitrogens with zero attached hydrogens (tertiary/aromatic N) is 1. The van der Waals surface area contributed by atoms with Gasteiger partial charge in [-0.05, 0) is 25.6 Å². The van der Waals surface area contributed by atoms with E-state index in [1.165, 1.54) is 13.8 Å². The first kappa shape index (κ1) is 17.7. The van der Waals surface area contributed by atoms with Crippen molar-refractivity contribution in [1.82, 2.24) is 5.32 Å². The molecule has 21 heavy (non-hydrogen) atoms. The summed E-state index contributed by atoms with van der Waals surface area (Å²) in [5.74, 6) is 0. The summed E-state index contributed by atoms with van der Waals surface area (Å²) in [6.45, 7) is 8.04.